The van der Waals surface area contributed by atoms with Crippen molar-refractivity contribution in [2.75, 3.05) is 0 Å². The molecule has 1 aromatic heterocycles. The largest absolute Gasteiger partial charge is 0.481 e. The monoisotopic (exact) mass is 270 g/mol. The van der Waals surface area contributed by atoms with Gasteiger partial charge in [0.2, 0.25) is 0 Å². The maximum atomic E-state index is 11.9. The number of pyridine rings is 1. The van der Waals surface area contributed by atoms with Crippen molar-refractivity contribution in [3.63, 3.8) is 0 Å². The summed E-state index contributed by atoms with van der Waals surface area (Å²) in [6, 6.07) is 11.4. The number of carbonyl (C=O) groups is 1. The zero-order valence-electron chi connectivity index (χ0n) is 11.7. The Labute approximate surface area is 118 Å². The molecule has 0 aliphatic heterocycles. The van der Waals surface area contributed by atoms with Crippen LogP contribution in [0.4, 0.5) is 0 Å². The van der Waals surface area contributed by atoms with Gasteiger partial charge >= 0.3 is 0 Å². The van der Waals surface area contributed by atoms with Crippen molar-refractivity contribution in [2.45, 2.75) is 26.5 Å². The van der Waals surface area contributed by atoms with E-state index in [1.54, 1.807) is 19.3 Å². The second-order valence-corrected chi connectivity index (χ2v) is 4.66. The van der Waals surface area contributed by atoms with Crippen LogP contribution in [0.15, 0.2) is 48.8 Å². The Morgan fingerprint density at radius 2 is 2.20 bits per heavy atom. The number of amides is 1. The van der Waals surface area contributed by atoms with E-state index in [0.29, 0.717) is 12.3 Å². The molecule has 1 atom stereocenters. The second-order valence-electron chi connectivity index (χ2n) is 4.66. The minimum atomic E-state index is -0.534. The zero-order chi connectivity index (χ0) is 14.4. The number of nitrogens with zero attached hydrogens (tertiary/aromatic N) is 1. The third-order valence-corrected chi connectivity index (χ3v) is 2.86. The molecule has 2 rings (SSSR count). The van der Waals surface area contributed by atoms with Gasteiger partial charge in [-0.25, -0.2) is 0 Å². The lowest BCUT2D eigenvalue weighted by molar-refractivity contribution is -0.127. The maximum absolute atomic E-state index is 11.9. The summed E-state index contributed by atoms with van der Waals surface area (Å²) in [5.41, 5.74) is 2.06. The number of aryl methyl sites for hydroxylation is 1. The van der Waals surface area contributed by atoms with Gasteiger partial charge in [0.05, 0.1) is 0 Å². The van der Waals surface area contributed by atoms with Gasteiger partial charge in [-0.2, -0.15) is 0 Å². The molecule has 2 aromatic rings. The van der Waals surface area contributed by atoms with Gasteiger partial charge in [-0.05, 0) is 43.2 Å². The van der Waals surface area contributed by atoms with Crippen molar-refractivity contribution in [3.8, 4) is 5.75 Å². The Morgan fingerprint density at radius 1 is 1.35 bits per heavy atom. The molecular weight excluding hydrogens is 252 g/mol. The highest BCUT2D eigenvalue weighted by Gasteiger charge is 2.14. The van der Waals surface area contributed by atoms with E-state index in [4.69, 9.17) is 4.74 Å². The third kappa shape index (κ3) is 4.09. The molecule has 104 valence electrons. The van der Waals surface area contributed by atoms with Crippen molar-refractivity contribution in [1.82, 2.24) is 10.3 Å². The van der Waals surface area contributed by atoms with Crippen molar-refractivity contribution in [2.24, 2.45) is 0 Å². The van der Waals surface area contributed by atoms with Crippen molar-refractivity contribution < 1.29 is 9.53 Å². The van der Waals surface area contributed by atoms with Crippen LogP contribution < -0.4 is 10.1 Å². The third-order valence-electron chi connectivity index (χ3n) is 2.86. The van der Waals surface area contributed by atoms with Gasteiger partial charge in [-0.3, -0.25) is 9.78 Å². The normalized spacial score (nSPS) is 11.7. The van der Waals surface area contributed by atoms with E-state index in [-0.39, 0.29) is 5.91 Å². The molecule has 1 aromatic carbocycles. The highest BCUT2D eigenvalue weighted by Crippen LogP contribution is 2.14. The van der Waals surface area contributed by atoms with Crippen LogP contribution in [0.1, 0.15) is 18.1 Å². The Hall–Kier alpha value is -2.36. The van der Waals surface area contributed by atoms with Crippen LogP contribution in [0.25, 0.3) is 0 Å². The number of nitrogens with one attached hydrogen (secondary N) is 1. The smallest absolute Gasteiger partial charge is 0.261 e. The van der Waals surface area contributed by atoms with Crippen LogP contribution >= 0.6 is 0 Å². The van der Waals surface area contributed by atoms with E-state index in [9.17, 15) is 4.79 Å². The molecule has 1 amide bonds. The second kappa shape index (κ2) is 6.70. The standard InChI is InChI=1S/C16H18N2O2/c1-12-5-3-7-15(9-12)20-13(2)16(19)18-11-14-6-4-8-17-10-14/h3-10,13H,11H2,1-2H3,(H,18,19)/t13-/m0/s1. The molecule has 0 saturated heterocycles. The molecule has 0 aliphatic rings. The summed E-state index contributed by atoms with van der Waals surface area (Å²) in [5, 5.41) is 2.83. The first-order valence-electron chi connectivity index (χ1n) is 6.55. The topological polar surface area (TPSA) is 51.2 Å². The van der Waals surface area contributed by atoms with Crippen molar-refractivity contribution >= 4 is 5.91 Å². The molecule has 1 heterocycles. The van der Waals surface area contributed by atoms with Crippen molar-refractivity contribution in [3.05, 3.63) is 59.9 Å². The molecule has 0 saturated carbocycles. The van der Waals surface area contributed by atoms with Gasteiger partial charge in [-0.15, -0.1) is 0 Å². The van der Waals surface area contributed by atoms with E-state index >= 15 is 0 Å². The van der Waals surface area contributed by atoms with Gasteiger partial charge in [0, 0.05) is 18.9 Å². The number of benzene rings is 1. The first-order chi connectivity index (χ1) is 9.65. The lowest BCUT2D eigenvalue weighted by Gasteiger charge is -2.15. The minimum Gasteiger partial charge on any atom is -0.481 e. The fourth-order valence-corrected chi connectivity index (χ4v) is 1.78. The van der Waals surface area contributed by atoms with Crippen LogP contribution in [0.5, 0.6) is 5.75 Å². The van der Waals surface area contributed by atoms with Gasteiger partial charge in [-0.1, -0.05) is 18.2 Å². The van der Waals surface area contributed by atoms with Crippen LogP contribution in [0.3, 0.4) is 0 Å². The Kier molecular flexibility index (Phi) is 4.71. The lowest BCUT2D eigenvalue weighted by atomic mass is 10.2. The lowest BCUT2D eigenvalue weighted by Crippen LogP contribution is -2.35. The predicted molar refractivity (Wildman–Crippen MR) is 77.4 cm³/mol. The Balaban J connectivity index is 1.86. The summed E-state index contributed by atoms with van der Waals surface area (Å²) in [5.74, 6) is 0.560. The fraction of sp³-hybridized carbons (Fsp3) is 0.250. The molecule has 0 spiro atoms. The van der Waals surface area contributed by atoms with Crippen LogP contribution in [0, 0.1) is 6.92 Å². The van der Waals surface area contributed by atoms with Crippen LogP contribution in [0.2, 0.25) is 0 Å². The van der Waals surface area contributed by atoms with E-state index < -0.39 is 6.10 Å². The number of ether oxygens (including phenoxy) is 1. The first kappa shape index (κ1) is 14.1. The number of rotatable bonds is 5. The van der Waals surface area contributed by atoms with E-state index in [2.05, 4.69) is 10.3 Å². The fourth-order valence-electron chi connectivity index (χ4n) is 1.78. The first-order valence-corrected chi connectivity index (χ1v) is 6.55. The summed E-state index contributed by atoms with van der Waals surface area (Å²) < 4.78 is 5.62. The highest BCUT2D eigenvalue weighted by molar-refractivity contribution is 5.80. The summed E-state index contributed by atoms with van der Waals surface area (Å²) in [7, 11) is 0. The molecule has 0 fully saturated rings. The molecule has 4 nitrogen and oxygen atoms in total. The Morgan fingerprint density at radius 3 is 2.90 bits per heavy atom. The number of aromatic nitrogens is 1. The average molecular weight is 270 g/mol. The summed E-state index contributed by atoms with van der Waals surface area (Å²) in [6.07, 6.45) is 2.90. The molecule has 1 N–H and O–H groups in total. The van der Waals surface area contributed by atoms with Crippen LogP contribution in [-0.2, 0) is 11.3 Å². The van der Waals surface area contributed by atoms with Gasteiger partial charge < -0.3 is 10.1 Å². The summed E-state index contributed by atoms with van der Waals surface area (Å²) in [6.45, 7) is 4.18. The summed E-state index contributed by atoms with van der Waals surface area (Å²) >= 11 is 0. The van der Waals surface area contributed by atoms with Gasteiger partial charge in [0.25, 0.3) is 5.91 Å². The molecular formula is C16H18N2O2. The molecule has 0 bridgehead atoms. The Bertz CT molecular complexity index is 570. The van der Waals surface area contributed by atoms with Gasteiger partial charge in [0.15, 0.2) is 6.10 Å². The molecule has 0 radical (unpaired) electrons. The number of carbonyl (C=O) groups excluding carboxylic acids is 1. The van der Waals surface area contributed by atoms with Crippen LogP contribution in [-0.4, -0.2) is 17.0 Å². The quantitative estimate of drug-likeness (QED) is 0.908. The molecule has 4 heteroatoms. The maximum Gasteiger partial charge on any atom is 0.261 e. The number of hydrogen-bond donors (Lipinski definition) is 1. The van der Waals surface area contributed by atoms with Crippen molar-refractivity contribution in [1.29, 1.82) is 0 Å². The molecule has 0 aliphatic carbocycles. The van der Waals surface area contributed by atoms with Gasteiger partial charge in [0.1, 0.15) is 5.75 Å². The summed E-state index contributed by atoms with van der Waals surface area (Å²) in [4.78, 5) is 16.0. The SMILES string of the molecule is Cc1cccc(O[C@@H](C)C(=O)NCc2cccnc2)c1. The molecule has 0 unspecified atom stereocenters. The number of hydrogen-bond acceptors (Lipinski definition) is 3. The minimum absolute atomic E-state index is 0.143. The van der Waals surface area contributed by atoms with E-state index in [1.807, 2.05) is 43.3 Å². The molecule has 20 heavy (non-hydrogen) atoms. The highest BCUT2D eigenvalue weighted by atomic mass is 16.5. The predicted octanol–water partition coefficient (Wildman–Crippen LogP) is 2.47. The van der Waals surface area contributed by atoms with E-state index in [0.717, 1.165) is 11.1 Å². The average Bonchev–Trinajstić information content (AvgIpc) is 2.46. The van der Waals surface area contributed by atoms with E-state index in [1.165, 1.54) is 0 Å². The zero-order valence-corrected chi connectivity index (χ0v) is 11.7.